The Morgan fingerprint density at radius 2 is 1.81 bits per heavy atom. The van der Waals surface area contributed by atoms with Crippen molar-refractivity contribution >= 4 is 10.0 Å². The van der Waals surface area contributed by atoms with E-state index in [1.165, 1.54) is 0 Å². The molecule has 2 rings (SSSR count). The molecule has 1 aromatic rings. The molecule has 2 N–H and O–H groups in total. The molecule has 1 aliphatic heterocycles. The predicted molar refractivity (Wildman–Crippen MR) is 84.6 cm³/mol. The molecule has 0 spiro atoms. The minimum Gasteiger partial charge on any atom is -0.330 e. The predicted octanol–water partition coefficient (Wildman–Crippen LogP) is 0.896. The number of hydrogen-bond donors (Lipinski definition) is 1. The Morgan fingerprint density at radius 3 is 2.38 bits per heavy atom. The minimum atomic E-state index is -3.37. The van der Waals surface area contributed by atoms with Crippen molar-refractivity contribution < 1.29 is 8.42 Å². The van der Waals surface area contributed by atoms with Gasteiger partial charge in [0, 0.05) is 32.7 Å². The molecule has 0 aromatic heterocycles. The Morgan fingerprint density at radius 1 is 1.19 bits per heavy atom. The Balaban J connectivity index is 2.03. The quantitative estimate of drug-likeness (QED) is 0.877. The molecule has 21 heavy (non-hydrogen) atoms. The van der Waals surface area contributed by atoms with Crippen LogP contribution in [-0.4, -0.2) is 56.9 Å². The van der Waals surface area contributed by atoms with Crippen molar-refractivity contribution in [2.24, 2.45) is 11.7 Å². The second-order valence-corrected chi connectivity index (χ2v) is 7.72. The van der Waals surface area contributed by atoms with Gasteiger partial charge in [-0.25, -0.2) is 8.42 Å². The van der Waals surface area contributed by atoms with Crippen LogP contribution in [0.2, 0.25) is 0 Å². The summed E-state index contributed by atoms with van der Waals surface area (Å²) in [5.41, 5.74) is 6.45. The fourth-order valence-electron chi connectivity index (χ4n) is 2.65. The zero-order valence-electron chi connectivity index (χ0n) is 12.8. The second-order valence-electron chi connectivity index (χ2n) is 5.81. The average Bonchev–Trinajstić information content (AvgIpc) is 2.48. The van der Waals surface area contributed by atoms with Gasteiger partial charge in [0.25, 0.3) is 0 Å². The van der Waals surface area contributed by atoms with Gasteiger partial charge >= 0.3 is 0 Å². The van der Waals surface area contributed by atoms with Crippen molar-refractivity contribution in [3.8, 4) is 0 Å². The lowest BCUT2D eigenvalue weighted by atomic mass is 10.1. The third-order valence-electron chi connectivity index (χ3n) is 4.01. The molecule has 118 valence electrons. The van der Waals surface area contributed by atoms with Gasteiger partial charge in [0.15, 0.2) is 0 Å². The highest BCUT2D eigenvalue weighted by Crippen LogP contribution is 2.20. The van der Waals surface area contributed by atoms with E-state index in [0.717, 1.165) is 25.2 Å². The third-order valence-corrected chi connectivity index (χ3v) is 6.07. The van der Waals surface area contributed by atoms with Crippen LogP contribution in [0.1, 0.15) is 12.5 Å². The second kappa shape index (κ2) is 6.87. The van der Waals surface area contributed by atoms with Gasteiger partial charge in [-0.05, 0) is 31.0 Å². The molecule has 1 heterocycles. The maximum absolute atomic E-state index is 12.7. The molecular formula is C15H25N3O2S. The normalized spacial score (nSPS) is 19.6. The molecule has 0 aliphatic carbocycles. The van der Waals surface area contributed by atoms with Crippen LogP contribution in [0.15, 0.2) is 29.2 Å². The first kappa shape index (κ1) is 16.4. The van der Waals surface area contributed by atoms with E-state index in [1.54, 1.807) is 16.4 Å². The first-order chi connectivity index (χ1) is 9.95. The fraction of sp³-hybridized carbons (Fsp3) is 0.600. The van der Waals surface area contributed by atoms with Gasteiger partial charge in [-0.2, -0.15) is 4.31 Å². The minimum absolute atomic E-state index is 0.425. The number of rotatable bonds is 5. The van der Waals surface area contributed by atoms with Crippen molar-refractivity contribution in [3.63, 3.8) is 0 Å². The Hall–Kier alpha value is -0.950. The van der Waals surface area contributed by atoms with Crippen LogP contribution in [0.25, 0.3) is 0 Å². The summed E-state index contributed by atoms with van der Waals surface area (Å²) in [4.78, 5) is 2.72. The lowest BCUT2D eigenvalue weighted by Crippen LogP contribution is -2.50. The Labute approximate surface area is 127 Å². The molecule has 6 heteroatoms. The molecule has 1 aliphatic rings. The van der Waals surface area contributed by atoms with Crippen molar-refractivity contribution in [2.45, 2.75) is 18.7 Å². The number of nitrogens with two attached hydrogens (primary N) is 1. The molecule has 0 saturated carbocycles. The number of sulfonamides is 1. The lowest BCUT2D eigenvalue weighted by Gasteiger charge is -2.35. The van der Waals surface area contributed by atoms with Crippen molar-refractivity contribution in [1.29, 1.82) is 0 Å². The molecule has 1 unspecified atom stereocenters. The zero-order chi connectivity index (χ0) is 15.5. The highest BCUT2D eigenvalue weighted by molar-refractivity contribution is 7.89. The number of benzene rings is 1. The van der Waals surface area contributed by atoms with E-state index < -0.39 is 10.0 Å². The van der Waals surface area contributed by atoms with Gasteiger partial charge in [-0.3, -0.25) is 0 Å². The van der Waals surface area contributed by atoms with Crippen LogP contribution in [0.3, 0.4) is 0 Å². The van der Waals surface area contributed by atoms with Gasteiger partial charge < -0.3 is 10.6 Å². The number of aryl methyl sites for hydroxylation is 1. The van der Waals surface area contributed by atoms with E-state index in [2.05, 4.69) is 11.8 Å². The summed E-state index contributed by atoms with van der Waals surface area (Å²) < 4.78 is 27.0. The van der Waals surface area contributed by atoms with Crippen LogP contribution in [0.4, 0.5) is 0 Å². The van der Waals surface area contributed by atoms with Crippen LogP contribution in [0, 0.1) is 12.8 Å². The summed E-state index contributed by atoms with van der Waals surface area (Å²) in [7, 11) is -3.37. The molecule has 1 fully saturated rings. The Kier molecular flexibility index (Phi) is 5.37. The topological polar surface area (TPSA) is 66.6 Å². The van der Waals surface area contributed by atoms with E-state index in [1.807, 2.05) is 19.1 Å². The van der Waals surface area contributed by atoms with E-state index >= 15 is 0 Å². The number of piperazine rings is 1. The monoisotopic (exact) mass is 311 g/mol. The largest absolute Gasteiger partial charge is 0.330 e. The summed E-state index contributed by atoms with van der Waals surface area (Å²) >= 11 is 0. The van der Waals surface area contributed by atoms with E-state index in [0.29, 0.717) is 30.4 Å². The van der Waals surface area contributed by atoms with E-state index in [-0.39, 0.29) is 0 Å². The van der Waals surface area contributed by atoms with E-state index in [4.69, 9.17) is 5.73 Å². The zero-order valence-corrected chi connectivity index (χ0v) is 13.6. The maximum Gasteiger partial charge on any atom is 0.243 e. The van der Waals surface area contributed by atoms with Gasteiger partial charge in [0.1, 0.15) is 0 Å². The molecule has 5 nitrogen and oxygen atoms in total. The van der Waals surface area contributed by atoms with Gasteiger partial charge in [-0.1, -0.05) is 25.1 Å². The summed E-state index contributed by atoms with van der Waals surface area (Å²) in [5.74, 6) is 0.449. The number of nitrogens with zero attached hydrogens (tertiary/aromatic N) is 2. The van der Waals surface area contributed by atoms with Crippen LogP contribution in [-0.2, 0) is 10.0 Å². The Bertz CT molecular complexity index is 566. The van der Waals surface area contributed by atoms with Crippen LogP contribution >= 0.6 is 0 Å². The first-order valence-corrected chi connectivity index (χ1v) is 8.87. The van der Waals surface area contributed by atoms with Gasteiger partial charge in [0.2, 0.25) is 10.0 Å². The summed E-state index contributed by atoms with van der Waals surface area (Å²) in [6, 6.07) is 7.17. The van der Waals surface area contributed by atoms with Crippen LogP contribution in [0.5, 0.6) is 0 Å². The van der Waals surface area contributed by atoms with Gasteiger partial charge in [0.05, 0.1) is 4.90 Å². The lowest BCUT2D eigenvalue weighted by molar-refractivity contribution is 0.170. The van der Waals surface area contributed by atoms with Crippen LogP contribution < -0.4 is 5.73 Å². The molecular weight excluding hydrogens is 286 g/mol. The highest BCUT2D eigenvalue weighted by Gasteiger charge is 2.29. The standard InChI is InChI=1S/C15H25N3O2S/c1-13(11-16)12-17-7-9-18(10-8-17)21(19,20)15-6-4-3-5-14(15)2/h3-6,13H,7-12,16H2,1-2H3. The van der Waals surface area contributed by atoms with Crippen molar-refractivity contribution in [2.75, 3.05) is 39.3 Å². The fourth-order valence-corrected chi connectivity index (χ4v) is 4.30. The number of hydrogen-bond acceptors (Lipinski definition) is 4. The molecule has 1 aromatic carbocycles. The molecule has 1 saturated heterocycles. The maximum atomic E-state index is 12.7. The molecule has 1 atom stereocenters. The molecule has 0 radical (unpaired) electrons. The van der Waals surface area contributed by atoms with Crippen molar-refractivity contribution in [1.82, 2.24) is 9.21 Å². The van der Waals surface area contributed by atoms with Gasteiger partial charge in [-0.15, -0.1) is 0 Å². The smallest absolute Gasteiger partial charge is 0.243 e. The summed E-state index contributed by atoms with van der Waals surface area (Å²) in [5, 5.41) is 0. The summed E-state index contributed by atoms with van der Waals surface area (Å²) in [6.07, 6.45) is 0. The van der Waals surface area contributed by atoms with E-state index in [9.17, 15) is 8.42 Å². The summed E-state index contributed by atoms with van der Waals surface area (Å²) in [6.45, 7) is 8.21. The SMILES string of the molecule is Cc1ccccc1S(=O)(=O)N1CCN(CC(C)CN)CC1. The molecule has 0 bridgehead atoms. The molecule has 0 amide bonds. The van der Waals surface area contributed by atoms with Crippen molar-refractivity contribution in [3.05, 3.63) is 29.8 Å². The highest BCUT2D eigenvalue weighted by atomic mass is 32.2. The third kappa shape index (κ3) is 3.83. The average molecular weight is 311 g/mol. The first-order valence-electron chi connectivity index (χ1n) is 7.43.